The summed E-state index contributed by atoms with van der Waals surface area (Å²) in [5.41, 5.74) is 6.60. The highest BCUT2D eigenvalue weighted by molar-refractivity contribution is 5.26. The molecule has 2 rings (SSSR count). The molecule has 0 aliphatic heterocycles. The van der Waals surface area contributed by atoms with Crippen molar-refractivity contribution >= 4 is 5.82 Å². The molecular weight excluding hydrogens is 162 g/mol. The molecule has 3 heteroatoms. The van der Waals surface area contributed by atoms with Crippen LogP contribution in [0.25, 0.3) is 0 Å². The van der Waals surface area contributed by atoms with Gasteiger partial charge in [-0.1, -0.05) is 19.3 Å². The fourth-order valence-corrected chi connectivity index (χ4v) is 1.97. The molecule has 0 saturated heterocycles. The van der Waals surface area contributed by atoms with E-state index in [0.717, 1.165) is 5.69 Å². The van der Waals surface area contributed by atoms with Crippen molar-refractivity contribution in [3.05, 3.63) is 17.8 Å². The Morgan fingerprint density at radius 3 is 2.46 bits per heavy atom. The topological polar surface area (TPSA) is 51.8 Å². The van der Waals surface area contributed by atoms with Crippen LogP contribution in [0.5, 0.6) is 0 Å². The van der Waals surface area contributed by atoms with Gasteiger partial charge in [0.2, 0.25) is 0 Å². The van der Waals surface area contributed by atoms with Crippen molar-refractivity contribution in [2.75, 3.05) is 5.73 Å². The van der Waals surface area contributed by atoms with E-state index in [-0.39, 0.29) is 0 Å². The Bertz CT molecular complexity index is 262. The second kappa shape index (κ2) is 3.73. The highest BCUT2D eigenvalue weighted by atomic mass is 15.1. The van der Waals surface area contributed by atoms with E-state index < -0.39 is 0 Å². The minimum Gasteiger partial charge on any atom is -0.382 e. The van der Waals surface area contributed by atoms with Gasteiger partial charge in [-0.25, -0.2) is 0 Å². The maximum absolute atomic E-state index is 5.48. The monoisotopic (exact) mass is 177 g/mol. The van der Waals surface area contributed by atoms with Gasteiger partial charge in [0.1, 0.15) is 5.82 Å². The molecule has 1 fully saturated rings. The highest BCUT2D eigenvalue weighted by Crippen LogP contribution is 2.30. The molecule has 0 atom stereocenters. The molecule has 3 nitrogen and oxygen atoms in total. The largest absolute Gasteiger partial charge is 0.382 e. The fraction of sp³-hybridized carbons (Fsp3) is 0.600. The third-order valence-electron chi connectivity index (χ3n) is 2.73. The van der Waals surface area contributed by atoms with Crippen LogP contribution in [-0.4, -0.2) is 10.2 Å². The average Bonchev–Trinajstić information content (AvgIpc) is 2.20. The average molecular weight is 177 g/mol. The van der Waals surface area contributed by atoms with Crippen molar-refractivity contribution in [1.29, 1.82) is 0 Å². The summed E-state index contributed by atoms with van der Waals surface area (Å²) in [5, 5.41) is 8.01. The van der Waals surface area contributed by atoms with Crippen LogP contribution >= 0.6 is 0 Å². The van der Waals surface area contributed by atoms with Gasteiger partial charge in [0.05, 0.1) is 5.69 Å². The summed E-state index contributed by atoms with van der Waals surface area (Å²) in [6.45, 7) is 0. The third-order valence-corrected chi connectivity index (χ3v) is 2.73. The number of nitrogen functional groups attached to an aromatic ring is 1. The van der Waals surface area contributed by atoms with Crippen molar-refractivity contribution in [1.82, 2.24) is 10.2 Å². The van der Waals surface area contributed by atoms with Crippen molar-refractivity contribution in [3.63, 3.8) is 0 Å². The molecule has 13 heavy (non-hydrogen) atoms. The summed E-state index contributed by atoms with van der Waals surface area (Å²) in [6, 6.07) is 3.86. The predicted octanol–water partition coefficient (Wildman–Crippen LogP) is 2.11. The van der Waals surface area contributed by atoms with Gasteiger partial charge < -0.3 is 5.73 Å². The van der Waals surface area contributed by atoms with E-state index in [0.29, 0.717) is 11.7 Å². The Balaban J connectivity index is 2.10. The maximum Gasteiger partial charge on any atom is 0.146 e. The van der Waals surface area contributed by atoms with Gasteiger partial charge in [-0.15, -0.1) is 5.10 Å². The van der Waals surface area contributed by atoms with Gasteiger partial charge in [-0.3, -0.25) is 0 Å². The molecule has 0 unspecified atom stereocenters. The molecule has 0 aromatic carbocycles. The highest BCUT2D eigenvalue weighted by Gasteiger charge is 2.16. The number of hydrogen-bond donors (Lipinski definition) is 1. The van der Waals surface area contributed by atoms with Gasteiger partial charge in [0.25, 0.3) is 0 Å². The number of nitrogens with two attached hydrogens (primary N) is 1. The lowest BCUT2D eigenvalue weighted by Gasteiger charge is -2.20. The van der Waals surface area contributed by atoms with Gasteiger partial charge in [-0.2, -0.15) is 5.10 Å². The van der Waals surface area contributed by atoms with Crippen LogP contribution in [0.3, 0.4) is 0 Å². The van der Waals surface area contributed by atoms with E-state index in [1.54, 1.807) is 0 Å². The molecular formula is C10H15N3. The molecule has 0 amide bonds. The summed E-state index contributed by atoms with van der Waals surface area (Å²) >= 11 is 0. The van der Waals surface area contributed by atoms with Crippen LogP contribution in [0.4, 0.5) is 5.82 Å². The van der Waals surface area contributed by atoms with Crippen molar-refractivity contribution in [2.45, 2.75) is 38.0 Å². The molecule has 1 saturated carbocycles. The Kier molecular flexibility index (Phi) is 2.43. The van der Waals surface area contributed by atoms with E-state index in [9.17, 15) is 0 Å². The first kappa shape index (κ1) is 8.48. The minimum atomic E-state index is 0.513. The van der Waals surface area contributed by atoms with Gasteiger partial charge in [0.15, 0.2) is 0 Å². The number of nitrogens with zero attached hydrogens (tertiary/aromatic N) is 2. The van der Waals surface area contributed by atoms with Crippen LogP contribution in [0.15, 0.2) is 12.1 Å². The van der Waals surface area contributed by atoms with E-state index in [1.165, 1.54) is 32.1 Å². The first-order chi connectivity index (χ1) is 6.36. The standard InChI is InChI=1S/C10H15N3/c11-10-7-6-9(12-13-10)8-4-2-1-3-5-8/h6-8H,1-5H2,(H2,11,13). The van der Waals surface area contributed by atoms with Crippen molar-refractivity contribution in [3.8, 4) is 0 Å². The number of aromatic nitrogens is 2. The van der Waals surface area contributed by atoms with Crippen LogP contribution in [0.1, 0.15) is 43.7 Å². The van der Waals surface area contributed by atoms with E-state index >= 15 is 0 Å². The number of hydrogen-bond acceptors (Lipinski definition) is 3. The Labute approximate surface area is 78.4 Å². The SMILES string of the molecule is Nc1ccc(C2CCCCC2)nn1. The van der Waals surface area contributed by atoms with Crippen molar-refractivity contribution in [2.24, 2.45) is 0 Å². The zero-order valence-electron chi connectivity index (χ0n) is 7.74. The molecule has 70 valence electrons. The normalized spacial score (nSPS) is 18.8. The molecule has 0 bridgehead atoms. The van der Waals surface area contributed by atoms with Crippen LogP contribution in [0.2, 0.25) is 0 Å². The lowest BCUT2D eigenvalue weighted by Crippen LogP contribution is -2.07. The third kappa shape index (κ3) is 1.97. The minimum absolute atomic E-state index is 0.513. The Hall–Kier alpha value is -1.12. The first-order valence-electron chi connectivity index (χ1n) is 4.95. The van der Waals surface area contributed by atoms with Gasteiger partial charge in [0, 0.05) is 5.92 Å². The van der Waals surface area contributed by atoms with Crippen LogP contribution in [0, 0.1) is 0 Å². The van der Waals surface area contributed by atoms with E-state index in [2.05, 4.69) is 10.2 Å². The fourth-order valence-electron chi connectivity index (χ4n) is 1.97. The molecule has 1 aliphatic rings. The number of anilines is 1. The second-order valence-corrected chi connectivity index (χ2v) is 3.72. The van der Waals surface area contributed by atoms with Gasteiger partial charge >= 0.3 is 0 Å². The van der Waals surface area contributed by atoms with Crippen molar-refractivity contribution < 1.29 is 0 Å². The Morgan fingerprint density at radius 1 is 1.08 bits per heavy atom. The molecule has 1 heterocycles. The van der Waals surface area contributed by atoms with E-state index in [4.69, 9.17) is 5.73 Å². The molecule has 1 aliphatic carbocycles. The molecule has 0 radical (unpaired) electrons. The zero-order chi connectivity index (χ0) is 9.10. The first-order valence-corrected chi connectivity index (χ1v) is 4.95. The predicted molar refractivity (Wildman–Crippen MR) is 52.3 cm³/mol. The lowest BCUT2D eigenvalue weighted by atomic mass is 9.87. The molecule has 1 aromatic rings. The van der Waals surface area contributed by atoms with E-state index in [1.807, 2.05) is 12.1 Å². The van der Waals surface area contributed by atoms with Crippen LogP contribution < -0.4 is 5.73 Å². The Morgan fingerprint density at radius 2 is 1.85 bits per heavy atom. The summed E-state index contributed by atoms with van der Waals surface area (Å²) in [6.07, 6.45) is 6.56. The quantitative estimate of drug-likeness (QED) is 0.714. The van der Waals surface area contributed by atoms with Gasteiger partial charge in [-0.05, 0) is 25.0 Å². The lowest BCUT2D eigenvalue weighted by molar-refractivity contribution is 0.434. The van der Waals surface area contributed by atoms with Crippen LogP contribution in [-0.2, 0) is 0 Å². The second-order valence-electron chi connectivity index (χ2n) is 3.72. The summed E-state index contributed by atoms with van der Waals surface area (Å²) in [4.78, 5) is 0. The smallest absolute Gasteiger partial charge is 0.146 e. The summed E-state index contributed by atoms with van der Waals surface area (Å²) in [7, 11) is 0. The zero-order valence-corrected chi connectivity index (χ0v) is 7.74. The molecule has 0 spiro atoms. The number of rotatable bonds is 1. The summed E-state index contributed by atoms with van der Waals surface area (Å²) < 4.78 is 0. The molecule has 1 aromatic heterocycles. The molecule has 2 N–H and O–H groups in total. The maximum atomic E-state index is 5.48. The summed E-state index contributed by atoms with van der Waals surface area (Å²) in [5.74, 6) is 1.14.